The highest BCUT2D eigenvalue weighted by atomic mass is 16.3. The molecule has 0 spiro atoms. The van der Waals surface area contributed by atoms with E-state index in [0.29, 0.717) is 22.1 Å². The Kier molecular flexibility index (Phi) is 3.31. The topological polar surface area (TPSA) is 13.1 Å². The molecular formula is C32H20O. The van der Waals surface area contributed by atoms with Crippen molar-refractivity contribution in [3.05, 3.63) is 121 Å². The maximum absolute atomic E-state index is 9.32. The van der Waals surface area contributed by atoms with E-state index in [0.717, 1.165) is 43.6 Å². The molecule has 0 atom stereocenters. The van der Waals surface area contributed by atoms with Crippen LogP contribution in [0.4, 0.5) is 0 Å². The van der Waals surface area contributed by atoms with Gasteiger partial charge >= 0.3 is 0 Å². The van der Waals surface area contributed by atoms with E-state index in [-0.39, 0.29) is 18.1 Å². The van der Waals surface area contributed by atoms with Crippen LogP contribution in [0.15, 0.2) is 126 Å². The zero-order valence-corrected chi connectivity index (χ0v) is 17.7. The minimum atomic E-state index is 0.00694. The molecule has 7 aromatic rings. The van der Waals surface area contributed by atoms with Crippen LogP contribution in [-0.4, -0.2) is 0 Å². The number of para-hydroxylation sites is 1. The van der Waals surface area contributed by atoms with E-state index in [1.165, 1.54) is 0 Å². The average Bonchev–Trinajstić information content (AvgIpc) is 3.32. The number of rotatable bonds is 2. The van der Waals surface area contributed by atoms with E-state index in [1.54, 1.807) is 0 Å². The van der Waals surface area contributed by atoms with Gasteiger partial charge in [0, 0.05) is 10.8 Å². The van der Waals surface area contributed by atoms with Crippen molar-refractivity contribution >= 4 is 43.5 Å². The molecular weight excluding hydrogens is 400 g/mol. The predicted octanol–water partition coefficient (Wildman–Crippen LogP) is 9.23. The normalized spacial score (nSPS) is 12.9. The lowest BCUT2D eigenvalue weighted by Crippen LogP contribution is -1.90. The SMILES string of the molecule is [2H]c1c(-c2c3ccccc3c(-c3ccccc3)c3ccccc23)c([2H])c2c(oc3ccccc32)c1[2H]. The van der Waals surface area contributed by atoms with Crippen LogP contribution in [0, 0.1) is 0 Å². The third-order valence-corrected chi connectivity index (χ3v) is 6.39. The second kappa shape index (κ2) is 7.08. The molecule has 33 heavy (non-hydrogen) atoms. The first-order valence-electron chi connectivity index (χ1n) is 12.6. The second-order valence-corrected chi connectivity index (χ2v) is 8.26. The molecule has 154 valence electrons. The van der Waals surface area contributed by atoms with Crippen molar-refractivity contribution < 1.29 is 8.53 Å². The smallest absolute Gasteiger partial charge is 0.135 e. The summed E-state index contributed by atoms with van der Waals surface area (Å²) in [5, 5.41) is 5.41. The molecule has 0 saturated heterocycles. The molecule has 1 heterocycles. The molecule has 0 aliphatic rings. The van der Waals surface area contributed by atoms with E-state index in [9.17, 15) is 1.37 Å². The number of benzene rings is 6. The lowest BCUT2D eigenvalue weighted by Gasteiger charge is -2.17. The van der Waals surface area contributed by atoms with Gasteiger partial charge in [0.05, 0.1) is 4.11 Å². The molecule has 0 saturated carbocycles. The first-order chi connectivity index (χ1) is 17.6. The zero-order chi connectivity index (χ0) is 24.4. The summed E-state index contributed by atoms with van der Waals surface area (Å²) < 4.78 is 33.1. The molecule has 0 N–H and O–H groups in total. The van der Waals surface area contributed by atoms with E-state index >= 15 is 0 Å². The number of hydrogen-bond donors (Lipinski definition) is 0. The van der Waals surface area contributed by atoms with Gasteiger partial charge in [-0.1, -0.05) is 103 Å². The van der Waals surface area contributed by atoms with Gasteiger partial charge < -0.3 is 4.42 Å². The monoisotopic (exact) mass is 423 g/mol. The van der Waals surface area contributed by atoms with E-state index < -0.39 is 0 Å². The molecule has 0 aliphatic heterocycles. The Bertz CT molecular complexity index is 1910. The summed E-state index contributed by atoms with van der Waals surface area (Å²) in [6.45, 7) is 0. The molecule has 0 bridgehead atoms. The third kappa shape index (κ3) is 2.73. The van der Waals surface area contributed by atoms with Crippen LogP contribution in [0.5, 0.6) is 0 Å². The lowest BCUT2D eigenvalue weighted by atomic mass is 9.86. The molecule has 6 aromatic carbocycles. The fourth-order valence-electron chi connectivity index (χ4n) is 4.97. The van der Waals surface area contributed by atoms with Crippen molar-refractivity contribution in [1.82, 2.24) is 0 Å². The summed E-state index contributed by atoms with van der Waals surface area (Å²) in [6, 6.07) is 34.5. The largest absolute Gasteiger partial charge is 0.456 e. The van der Waals surface area contributed by atoms with Crippen molar-refractivity contribution in [2.75, 3.05) is 0 Å². The summed E-state index contributed by atoms with van der Waals surface area (Å²) in [5.41, 5.74) is 4.45. The van der Waals surface area contributed by atoms with Gasteiger partial charge in [0.25, 0.3) is 0 Å². The number of furan rings is 1. The van der Waals surface area contributed by atoms with E-state index in [1.807, 2.05) is 66.7 Å². The van der Waals surface area contributed by atoms with Crippen LogP contribution in [0.2, 0.25) is 0 Å². The minimum Gasteiger partial charge on any atom is -0.456 e. The first kappa shape index (κ1) is 15.4. The Hall–Kier alpha value is -4.36. The maximum atomic E-state index is 9.32. The van der Waals surface area contributed by atoms with Crippen molar-refractivity contribution in [3.63, 3.8) is 0 Å². The molecule has 1 heteroatoms. The van der Waals surface area contributed by atoms with Gasteiger partial charge in [-0.25, -0.2) is 0 Å². The highest BCUT2D eigenvalue weighted by Crippen LogP contribution is 2.44. The molecule has 0 aliphatic carbocycles. The maximum Gasteiger partial charge on any atom is 0.135 e. The average molecular weight is 424 g/mol. The van der Waals surface area contributed by atoms with Gasteiger partial charge in [-0.2, -0.15) is 0 Å². The third-order valence-electron chi connectivity index (χ3n) is 6.39. The predicted molar refractivity (Wildman–Crippen MR) is 140 cm³/mol. The molecule has 0 radical (unpaired) electrons. The molecule has 1 aromatic heterocycles. The Morgan fingerprint density at radius 1 is 0.424 bits per heavy atom. The van der Waals surface area contributed by atoms with Gasteiger partial charge in [0.15, 0.2) is 0 Å². The van der Waals surface area contributed by atoms with Crippen molar-refractivity contribution in [2.45, 2.75) is 0 Å². The van der Waals surface area contributed by atoms with Gasteiger partial charge in [-0.15, -0.1) is 0 Å². The van der Waals surface area contributed by atoms with Gasteiger partial charge in [0.2, 0.25) is 0 Å². The Labute approximate surface area is 195 Å². The van der Waals surface area contributed by atoms with Gasteiger partial charge in [-0.05, 0) is 61.9 Å². The Morgan fingerprint density at radius 3 is 1.58 bits per heavy atom. The fourth-order valence-corrected chi connectivity index (χ4v) is 4.97. The first-order valence-corrected chi connectivity index (χ1v) is 11.1. The highest BCUT2D eigenvalue weighted by Gasteiger charge is 2.17. The van der Waals surface area contributed by atoms with E-state index in [2.05, 4.69) is 36.4 Å². The van der Waals surface area contributed by atoms with Crippen LogP contribution in [0.1, 0.15) is 4.11 Å². The van der Waals surface area contributed by atoms with Gasteiger partial charge in [0.1, 0.15) is 11.2 Å². The van der Waals surface area contributed by atoms with Crippen molar-refractivity contribution in [2.24, 2.45) is 0 Å². The van der Waals surface area contributed by atoms with E-state index in [4.69, 9.17) is 7.16 Å². The summed E-state index contributed by atoms with van der Waals surface area (Å²) in [6.07, 6.45) is 0. The Morgan fingerprint density at radius 2 is 0.939 bits per heavy atom. The van der Waals surface area contributed by atoms with Crippen molar-refractivity contribution in [1.29, 1.82) is 0 Å². The molecule has 0 amide bonds. The van der Waals surface area contributed by atoms with Crippen molar-refractivity contribution in [3.8, 4) is 22.3 Å². The summed E-state index contributed by atoms with van der Waals surface area (Å²) in [5.74, 6) is 0. The van der Waals surface area contributed by atoms with Crippen LogP contribution in [-0.2, 0) is 0 Å². The summed E-state index contributed by atoms with van der Waals surface area (Å²) in [4.78, 5) is 0. The lowest BCUT2D eigenvalue weighted by molar-refractivity contribution is 0.669. The standard InChI is InChI=1S/C32H20O/c1-2-10-21(11-3-1)31-24-13-4-6-15-26(24)32(27-16-7-5-14-25(27)31)22-18-19-30-28(20-22)23-12-8-9-17-29(23)33-30/h1-20H/i18D,19D,20D. The zero-order valence-electron chi connectivity index (χ0n) is 20.7. The molecule has 7 rings (SSSR count). The molecule has 0 unspecified atom stereocenters. The number of hydrogen-bond acceptors (Lipinski definition) is 1. The van der Waals surface area contributed by atoms with Crippen LogP contribution in [0.3, 0.4) is 0 Å². The van der Waals surface area contributed by atoms with Crippen LogP contribution >= 0.6 is 0 Å². The fraction of sp³-hybridized carbons (Fsp3) is 0. The second-order valence-electron chi connectivity index (χ2n) is 8.26. The van der Waals surface area contributed by atoms with Gasteiger partial charge in [-0.3, -0.25) is 0 Å². The Balaban J connectivity index is 1.72. The number of fused-ring (bicyclic) bond motifs is 5. The van der Waals surface area contributed by atoms with Crippen LogP contribution < -0.4 is 0 Å². The quantitative estimate of drug-likeness (QED) is 0.253. The summed E-state index contributed by atoms with van der Waals surface area (Å²) >= 11 is 0. The van der Waals surface area contributed by atoms with Crippen LogP contribution in [0.25, 0.3) is 65.7 Å². The molecule has 0 fully saturated rings. The summed E-state index contributed by atoms with van der Waals surface area (Å²) in [7, 11) is 0. The minimum absolute atomic E-state index is 0.00694. The molecule has 1 nitrogen and oxygen atoms in total. The highest BCUT2D eigenvalue weighted by molar-refractivity contribution is 6.22.